The number of rotatable bonds is 2. The van der Waals surface area contributed by atoms with E-state index in [2.05, 4.69) is 21.0 Å². The average molecular weight is 307 g/mol. The largest absolute Gasteiger partial charge is 0.384 e. The minimum absolute atomic E-state index is 0.0384. The molecule has 0 saturated heterocycles. The van der Waals surface area contributed by atoms with E-state index in [0.717, 1.165) is 27.1 Å². The van der Waals surface area contributed by atoms with Crippen LogP contribution in [0.3, 0.4) is 0 Å². The number of nitrogens with zero attached hydrogens (tertiary/aromatic N) is 2. The standard InChI is InChI=1S/C13H15BrN4/c1-7-8(2)17-18(9(7)3)12-5-4-10(14)6-11(12)13(15)16/h4-6H,1-3H3,(H3,15,16). The highest BCUT2D eigenvalue weighted by atomic mass is 79.9. The Morgan fingerprint density at radius 1 is 1.33 bits per heavy atom. The third-order valence-electron chi connectivity index (χ3n) is 3.13. The molecule has 0 fully saturated rings. The summed E-state index contributed by atoms with van der Waals surface area (Å²) in [6.45, 7) is 6.03. The number of halogens is 1. The fourth-order valence-corrected chi connectivity index (χ4v) is 2.22. The van der Waals surface area contributed by atoms with E-state index in [9.17, 15) is 0 Å². The van der Waals surface area contributed by atoms with E-state index in [4.69, 9.17) is 11.1 Å². The van der Waals surface area contributed by atoms with Crippen LogP contribution in [0.15, 0.2) is 22.7 Å². The molecule has 0 saturated carbocycles. The Bertz CT molecular complexity index is 628. The zero-order valence-corrected chi connectivity index (χ0v) is 12.2. The summed E-state index contributed by atoms with van der Waals surface area (Å²) in [5, 5.41) is 12.2. The molecule has 2 rings (SSSR count). The molecule has 0 amide bonds. The van der Waals surface area contributed by atoms with Gasteiger partial charge in [0.05, 0.1) is 11.4 Å². The van der Waals surface area contributed by atoms with Gasteiger partial charge in [-0.3, -0.25) is 5.41 Å². The monoisotopic (exact) mass is 306 g/mol. The molecule has 1 heterocycles. The summed E-state index contributed by atoms with van der Waals surface area (Å²) < 4.78 is 2.74. The second-order valence-corrected chi connectivity index (χ2v) is 5.20. The van der Waals surface area contributed by atoms with Crippen LogP contribution in [0.4, 0.5) is 0 Å². The average Bonchev–Trinajstić information content (AvgIpc) is 2.57. The highest BCUT2D eigenvalue weighted by Crippen LogP contribution is 2.23. The number of hydrogen-bond acceptors (Lipinski definition) is 2. The van der Waals surface area contributed by atoms with Gasteiger partial charge in [0.2, 0.25) is 0 Å². The van der Waals surface area contributed by atoms with Crippen molar-refractivity contribution in [3.05, 3.63) is 45.2 Å². The molecule has 0 spiro atoms. The molecule has 3 N–H and O–H groups in total. The molecular weight excluding hydrogens is 292 g/mol. The van der Waals surface area contributed by atoms with Gasteiger partial charge in [-0.1, -0.05) is 15.9 Å². The van der Waals surface area contributed by atoms with Crippen LogP contribution in [0.5, 0.6) is 0 Å². The minimum Gasteiger partial charge on any atom is -0.384 e. The third kappa shape index (κ3) is 2.06. The zero-order chi connectivity index (χ0) is 13.4. The van der Waals surface area contributed by atoms with Crippen molar-refractivity contribution >= 4 is 21.8 Å². The number of aryl methyl sites for hydroxylation is 1. The van der Waals surface area contributed by atoms with Crippen molar-refractivity contribution in [2.75, 3.05) is 0 Å². The van der Waals surface area contributed by atoms with Crippen molar-refractivity contribution in [3.8, 4) is 5.69 Å². The molecule has 0 aliphatic carbocycles. The molecule has 0 aliphatic rings. The first-order chi connectivity index (χ1) is 8.41. The molecule has 4 nitrogen and oxygen atoms in total. The first-order valence-corrected chi connectivity index (χ1v) is 6.38. The van der Waals surface area contributed by atoms with Gasteiger partial charge in [0.15, 0.2) is 0 Å². The topological polar surface area (TPSA) is 67.7 Å². The SMILES string of the molecule is Cc1nn(-c2ccc(Br)cc2C(=N)N)c(C)c1C. The van der Waals surface area contributed by atoms with Crippen LogP contribution in [-0.4, -0.2) is 15.6 Å². The highest BCUT2D eigenvalue weighted by Gasteiger charge is 2.14. The molecule has 94 valence electrons. The molecule has 0 aliphatic heterocycles. The summed E-state index contributed by atoms with van der Waals surface area (Å²) in [5.41, 5.74) is 10.4. The van der Waals surface area contributed by atoms with Crippen LogP contribution in [0.1, 0.15) is 22.5 Å². The summed E-state index contributed by atoms with van der Waals surface area (Å²) in [7, 11) is 0. The Hall–Kier alpha value is -1.62. The quantitative estimate of drug-likeness (QED) is 0.662. The molecule has 0 radical (unpaired) electrons. The van der Waals surface area contributed by atoms with Gasteiger partial charge in [-0.2, -0.15) is 5.10 Å². The number of nitrogen functional groups attached to an aromatic ring is 1. The van der Waals surface area contributed by atoms with E-state index >= 15 is 0 Å². The molecule has 0 atom stereocenters. The maximum Gasteiger partial charge on any atom is 0.125 e. The summed E-state index contributed by atoms with van der Waals surface area (Å²) in [4.78, 5) is 0. The Kier molecular flexibility index (Phi) is 3.26. The van der Waals surface area contributed by atoms with Gasteiger partial charge in [0.25, 0.3) is 0 Å². The Morgan fingerprint density at radius 2 is 2.00 bits per heavy atom. The number of aromatic nitrogens is 2. The predicted octanol–water partition coefficient (Wildman–Crippen LogP) is 2.84. The van der Waals surface area contributed by atoms with E-state index in [1.165, 1.54) is 0 Å². The highest BCUT2D eigenvalue weighted by molar-refractivity contribution is 9.10. The number of hydrogen-bond donors (Lipinski definition) is 2. The van der Waals surface area contributed by atoms with Crippen LogP contribution in [0.25, 0.3) is 5.69 Å². The van der Waals surface area contributed by atoms with Crippen molar-refractivity contribution in [1.29, 1.82) is 5.41 Å². The molecule has 18 heavy (non-hydrogen) atoms. The van der Waals surface area contributed by atoms with Crippen molar-refractivity contribution < 1.29 is 0 Å². The molecule has 0 bridgehead atoms. The van der Waals surface area contributed by atoms with Gasteiger partial charge in [-0.25, -0.2) is 4.68 Å². The van der Waals surface area contributed by atoms with E-state index in [1.54, 1.807) is 0 Å². The van der Waals surface area contributed by atoms with Gasteiger partial charge in [-0.05, 0) is 44.5 Å². The van der Waals surface area contributed by atoms with Crippen molar-refractivity contribution in [2.24, 2.45) is 5.73 Å². The van der Waals surface area contributed by atoms with Crippen LogP contribution in [-0.2, 0) is 0 Å². The Morgan fingerprint density at radius 3 is 2.50 bits per heavy atom. The lowest BCUT2D eigenvalue weighted by Crippen LogP contribution is -2.15. The number of nitrogens with two attached hydrogens (primary N) is 1. The number of amidine groups is 1. The normalized spacial score (nSPS) is 10.7. The fraction of sp³-hybridized carbons (Fsp3) is 0.231. The summed E-state index contributed by atoms with van der Waals surface area (Å²) in [6, 6.07) is 5.68. The molecule has 1 aromatic heterocycles. The number of nitrogens with one attached hydrogen (secondary N) is 1. The molecule has 0 unspecified atom stereocenters. The number of benzene rings is 1. The third-order valence-corrected chi connectivity index (χ3v) is 3.62. The van der Waals surface area contributed by atoms with E-state index in [-0.39, 0.29) is 5.84 Å². The summed E-state index contributed by atoms with van der Waals surface area (Å²) in [5.74, 6) is 0.0384. The predicted molar refractivity (Wildman–Crippen MR) is 76.5 cm³/mol. The zero-order valence-electron chi connectivity index (χ0n) is 10.6. The fourth-order valence-electron chi connectivity index (χ4n) is 1.86. The van der Waals surface area contributed by atoms with E-state index < -0.39 is 0 Å². The van der Waals surface area contributed by atoms with Gasteiger partial charge < -0.3 is 5.73 Å². The lowest BCUT2D eigenvalue weighted by Gasteiger charge is -2.10. The van der Waals surface area contributed by atoms with Crippen molar-refractivity contribution in [2.45, 2.75) is 20.8 Å². The molecular formula is C13H15BrN4. The van der Waals surface area contributed by atoms with Crippen LogP contribution in [0.2, 0.25) is 0 Å². The van der Waals surface area contributed by atoms with Gasteiger partial charge in [-0.15, -0.1) is 0 Å². The second-order valence-electron chi connectivity index (χ2n) is 4.28. The van der Waals surface area contributed by atoms with Crippen LogP contribution in [0, 0.1) is 26.2 Å². The van der Waals surface area contributed by atoms with Gasteiger partial charge in [0.1, 0.15) is 5.84 Å². The van der Waals surface area contributed by atoms with Gasteiger partial charge in [0, 0.05) is 15.7 Å². The molecule has 1 aromatic carbocycles. The lowest BCUT2D eigenvalue weighted by atomic mass is 10.1. The maximum absolute atomic E-state index is 7.67. The molecule has 2 aromatic rings. The second kappa shape index (κ2) is 4.57. The van der Waals surface area contributed by atoms with E-state index in [1.807, 2.05) is 43.7 Å². The van der Waals surface area contributed by atoms with E-state index in [0.29, 0.717) is 5.56 Å². The first kappa shape index (κ1) is 12.8. The Balaban J connectivity index is 2.71. The minimum atomic E-state index is 0.0384. The maximum atomic E-state index is 7.67. The smallest absolute Gasteiger partial charge is 0.125 e. The lowest BCUT2D eigenvalue weighted by molar-refractivity contribution is 0.831. The first-order valence-electron chi connectivity index (χ1n) is 5.59. The molecule has 5 heteroatoms. The van der Waals surface area contributed by atoms with Crippen LogP contribution < -0.4 is 5.73 Å². The van der Waals surface area contributed by atoms with Crippen molar-refractivity contribution in [3.63, 3.8) is 0 Å². The van der Waals surface area contributed by atoms with Crippen molar-refractivity contribution in [1.82, 2.24) is 9.78 Å². The summed E-state index contributed by atoms with van der Waals surface area (Å²) in [6.07, 6.45) is 0. The Labute approximate surface area is 114 Å². The summed E-state index contributed by atoms with van der Waals surface area (Å²) >= 11 is 3.39. The van der Waals surface area contributed by atoms with Gasteiger partial charge >= 0.3 is 0 Å². The van der Waals surface area contributed by atoms with Crippen LogP contribution >= 0.6 is 15.9 Å².